The van der Waals surface area contributed by atoms with Crippen LogP contribution in [0.1, 0.15) is 52.6 Å². The number of rotatable bonds is 6. The molecule has 7 heteroatoms. The highest BCUT2D eigenvalue weighted by Crippen LogP contribution is 2.37. The molecule has 0 bridgehead atoms. The van der Waals surface area contributed by atoms with E-state index in [4.69, 9.17) is 0 Å². The van der Waals surface area contributed by atoms with Crippen LogP contribution >= 0.6 is 0 Å². The Kier molecular flexibility index (Phi) is 4.30. The third kappa shape index (κ3) is 3.26. The summed E-state index contributed by atoms with van der Waals surface area (Å²) < 4.78 is 3.68. The zero-order valence-electron chi connectivity index (χ0n) is 16.4. The van der Waals surface area contributed by atoms with Crippen LogP contribution in [0.25, 0.3) is 0 Å². The van der Waals surface area contributed by atoms with E-state index in [0.29, 0.717) is 30.4 Å². The number of ketones is 1. The summed E-state index contributed by atoms with van der Waals surface area (Å²) in [5.74, 6) is -0.0677. The van der Waals surface area contributed by atoms with Gasteiger partial charge in [-0.2, -0.15) is 0 Å². The second-order valence-electron chi connectivity index (χ2n) is 7.91. The topological polar surface area (TPSA) is 73.0 Å². The van der Waals surface area contributed by atoms with Crippen molar-refractivity contribution in [2.75, 3.05) is 0 Å². The molecule has 1 amide bonds. The van der Waals surface area contributed by atoms with Crippen molar-refractivity contribution in [1.29, 1.82) is 0 Å². The lowest BCUT2D eigenvalue weighted by Gasteiger charge is -2.24. The van der Waals surface area contributed by atoms with Crippen LogP contribution in [0.5, 0.6) is 0 Å². The normalized spacial score (nSPS) is 17.9. The van der Waals surface area contributed by atoms with Crippen LogP contribution < -0.4 is 0 Å². The molecular weight excluding hydrogens is 366 g/mol. The largest absolute Gasteiger partial charge is 0.341 e. The van der Waals surface area contributed by atoms with Crippen molar-refractivity contribution >= 4 is 11.7 Å². The lowest BCUT2D eigenvalue weighted by Crippen LogP contribution is -2.36. The number of hydrogen-bond acceptors (Lipinski definition) is 4. The van der Waals surface area contributed by atoms with E-state index < -0.39 is 0 Å². The molecule has 1 unspecified atom stereocenters. The van der Waals surface area contributed by atoms with Gasteiger partial charge >= 0.3 is 0 Å². The van der Waals surface area contributed by atoms with Crippen molar-refractivity contribution in [3.8, 4) is 0 Å². The summed E-state index contributed by atoms with van der Waals surface area (Å²) in [6, 6.07) is 13.4. The minimum atomic E-state index is -0.204. The summed E-state index contributed by atoms with van der Waals surface area (Å²) in [6.07, 6.45) is 4.67. The van der Waals surface area contributed by atoms with Gasteiger partial charge in [0.2, 0.25) is 11.7 Å². The smallest absolute Gasteiger partial charge is 0.232 e. The van der Waals surface area contributed by atoms with E-state index in [1.807, 2.05) is 65.2 Å². The van der Waals surface area contributed by atoms with Gasteiger partial charge in [0.1, 0.15) is 5.69 Å². The summed E-state index contributed by atoms with van der Waals surface area (Å²) in [5, 5.41) is 8.13. The molecule has 7 nitrogen and oxygen atoms in total. The number of fused-ring (bicyclic) bond motifs is 1. The number of amides is 1. The maximum absolute atomic E-state index is 13.4. The van der Waals surface area contributed by atoms with Crippen molar-refractivity contribution in [1.82, 2.24) is 24.5 Å². The monoisotopic (exact) mass is 389 g/mol. The summed E-state index contributed by atoms with van der Waals surface area (Å²) in [7, 11) is 1.83. The molecule has 1 aliphatic carbocycles. The van der Waals surface area contributed by atoms with E-state index in [9.17, 15) is 9.59 Å². The number of aromatic nitrogens is 4. The van der Waals surface area contributed by atoms with Crippen molar-refractivity contribution in [2.45, 2.75) is 44.3 Å². The van der Waals surface area contributed by atoms with Gasteiger partial charge in [0.05, 0.1) is 18.2 Å². The lowest BCUT2D eigenvalue weighted by atomic mass is 10.0. The molecule has 1 fully saturated rings. The Morgan fingerprint density at radius 3 is 2.59 bits per heavy atom. The predicted octanol–water partition coefficient (Wildman–Crippen LogP) is 2.53. The van der Waals surface area contributed by atoms with E-state index in [-0.39, 0.29) is 17.6 Å². The average molecular weight is 389 g/mol. The molecule has 5 rings (SSSR count). The molecule has 2 aromatic heterocycles. The number of hydrogen-bond donors (Lipinski definition) is 0. The van der Waals surface area contributed by atoms with Crippen molar-refractivity contribution in [3.63, 3.8) is 0 Å². The fourth-order valence-corrected chi connectivity index (χ4v) is 4.24. The van der Waals surface area contributed by atoms with Crippen LogP contribution in [-0.2, 0) is 24.9 Å². The Morgan fingerprint density at radius 1 is 1.10 bits per heavy atom. The average Bonchev–Trinajstić information content (AvgIpc) is 3.15. The first-order chi connectivity index (χ1) is 14.1. The highest BCUT2D eigenvalue weighted by atomic mass is 16.2. The number of carbonyl (C=O) groups is 2. The second-order valence-corrected chi connectivity index (χ2v) is 7.91. The zero-order valence-corrected chi connectivity index (χ0v) is 16.4. The first-order valence-electron chi connectivity index (χ1n) is 10.1. The fourth-order valence-electron chi connectivity index (χ4n) is 4.24. The molecule has 3 heterocycles. The molecule has 2 aliphatic rings. The lowest BCUT2D eigenvalue weighted by molar-refractivity contribution is -0.134. The van der Waals surface area contributed by atoms with Crippen LogP contribution in [0.15, 0.2) is 48.7 Å². The Balaban J connectivity index is 1.39. The summed E-state index contributed by atoms with van der Waals surface area (Å²) in [6.45, 7) is 1.18. The molecule has 29 heavy (non-hydrogen) atoms. The quantitative estimate of drug-likeness (QED) is 0.608. The van der Waals surface area contributed by atoms with Crippen LogP contribution in [0.2, 0.25) is 0 Å². The van der Waals surface area contributed by atoms with Crippen molar-refractivity contribution in [3.05, 3.63) is 71.3 Å². The highest BCUT2D eigenvalue weighted by molar-refractivity contribution is 6.08. The maximum Gasteiger partial charge on any atom is 0.232 e. The number of benzene rings is 1. The summed E-state index contributed by atoms with van der Waals surface area (Å²) in [5.41, 5.74) is 3.08. The summed E-state index contributed by atoms with van der Waals surface area (Å²) in [4.78, 5) is 28.3. The number of nitrogens with zero attached hydrogens (tertiary/aromatic N) is 5. The predicted molar refractivity (Wildman–Crippen MR) is 106 cm³/mol. The maximum atomic E-state index is 13.4. The third-order valence-electron chi connectivity index (χ3n) is 5.83. The molecule has 1 saturated carbocycles. The van der Waals surface area contributed by atoms with E-state index in [1.165, 1.54) is 0 Å². The Bertz CT molecular complexity index is 1060. The molecule has 0 radical (unpaired) electrons. The molecule has 0 spiro atoms. The SMILES string of the molecule is Cn1cc(CN(C(=O)C2CCn3c(C(=O)c4ccccc4)ccc32)C2CC2)nn1. The Morgan fingerprint density at radius 2 is 1.90 bits per heavy atom. The van der Waals surface area contributed by atoms with Gasteiger partial charge in [0.25, 0.3) is 0 Å². The van der Waals surface area contributed by atoms with Crippen LogP contribution in [-0.4, -0.2) is 42.2 Å². The van der Waals surface area contributed by atoms with E-state index in [2.05, 4.69) is 10.3 Å². The van der Waals surface area contributed by atoms with Crippen molar-refractivity contribution in [2.24, 2.45) is 7.05 Å². The third-order valence-corrected chi connectivity index (χ3v) is 5.83. The Hall–Kier alpha value is -3.22. The van der Waals surface area contributed by atoms with Gasteiger partial charge in [0, 0.05) is 37.1 Å². The van der Waals surface area contributed by atoms with Gasteiger partial charge in [0.15, 0.2) is 0 Å². The van der Waals surface area contributed by atoms with E-state index in [0.717, 1.165) is 30.7 Å². The van der Waals surface area contributed by atoms with Gasteiger partial charge in [-0.15, -0.1) is 5.10 Å². The van der Waals surface area contributed by atoms with Crippen molar-refractivity contribution < 1.29 is 9.59 Å². The first kappa shape index (κ1) is 17.8. The van der Waals surface area contributed by atoms with Gasteiger partial charge < -0.3 is 9.47 Å². The molecule has 0 saturated heterocycles. The molecular formula is C22H23N5O2. The molecule has 3 aromatic rings. The van der Waals surface area contributed by atoms with E-state index >= 15 is 0 Å². The molecule has 1 aromatic carbocycles. The molecule has 1 atom stereocenters. The zero-order chi connectivity index (χ0) is 20.0. The van der Waals surface area contributed by atoms with E-state index in [1.54, 1.807) is 4.68 Å². The molecule has 148 valence electrons. The molecule has 1 aliphatic heterocycles. The number of aryl methyl sites for hydroxylation is 1. The summed E-state index contributed by atoms with van der Waals surface area (Å²) >= 11 is 0. The second kappa shape index (κ2) is 6.99. The van der Waals surface area contributed by atoms with Crippen LogP contribution in [0, 0.1) is 0 Å². The standard InChI is InChI=1S/C22H23N5O2/c1-25-13-16(23-24-25)14-27(17-7-8-17)22(29)18-11-12-26-19(18)9-10-20(26)21(28)15-5-3-2-4-6-15/h2-6,9-10,13,17-18H,7-8,11-12,14H2,1H3. The highest BCUT2D eigenvalue weighted by Gasteiger charge is 2.40. The van der Waals surface area contributed by atoms with Gasteiger partial charge in [-0.25, -0.2) is 0 Å². The van der Waals surface area contributed by atoms with Crippen LogP contribution in [0.4, 0.5) is 0 Å². The number of carbonyl (C=O) groups excluding carboxylic acids is 2. The first-order valence-corrected chi connectivity index (χ1v) is 10.1. The minimum absolute atomic E-state index is 0.00329. The van der Waals surface area contributed by atoms with Crippen LogP contribution in [0.3, 0.4) is 0 Å². The minimum Gasteiger partial charge on any atom is -0.341 e. The van der Waals surface area contributed by atoms with Gasteiger partial charge in [-0.3, -0.25) is 14.3 Å². The Labute approximate surface area is 168 Å². The van der Waals surface area contributed by atoms with Gasteiger partial charge in [-0.05, 0) is 31.4 Å². The fraction of sp³-hybridized carbons (Fsp3) is 0.364. The van der Waals surface area contributed by atoms with Gasteiger partial charge in [-0.1, -0.05) is 35.5 Å². The molecule has 0 N–H and O–H groups in total.